The normalized spacial score (nSPS) is 23.4. The Morgan fingerprint density at radius 3 is 2.37 bits per heavy atom. The van der Waals surface area contributed by atoms with Gasteiger partial charge in [0, 0.05) is 36.0 Å². The van der Waals surface area contributed by atoms with Crippen LogP contribution in [0.15, 0.2) is 66.4 Å². The second-order valence-corrected chi connectivity index (χ2v) is 8.78. The van der Waals surface area contributed by atoms with Gasteiger partial charge in [-0.05, 0) is 18.2 Å². The van der Waals surface area contributed by atoms with Crippen molar-refractivity contribution < 1.29 is 29.0 Å². The van der Waals surface area contributed by atoms with Gasteiger partial charge < -0.3 is 9.64 Å². The summed E-state index contributed by atoms with van der Waals surface area (Å²) >= 11 is 0. The highest BCUT2D eigenvalue weighted by Crippen LogP contribution is 2.48. The molecule has 2 aromatic rings. The molecule has 0 radical (unpaired) electrons. The third kappa shape index (κ3) is 3.58. The molecule has 0 unspecified atom stereocenters. The van der Waals surface area contributed by atoms with E-state index in [9.17, 15) is 39.9 Å². The van der Waals surface area contributed by atoms with Crippen LogP contribution in [0.2, 0.25) is 0 Å². The van der Waals surface area contributed by atoms with Gasteiger partial charge in [-0.25, -0.2) is 4.90 Å². The van der Waals surface area contributed by atoms with E-state index in [0.29, 0.717) is 0 Å². The molecular weight excluding hydrogens is 498 g/mol. The van der Waals surface area contributed by atoms with Crippen molar-refractivity contribution in [1.29, 1.82) is 5.26 Å². The number of allylic oxidation sites excluding steroid dienone is 2. The Morgan fingerprint density at radius 2 is 1.71 bits per heavy atom. The molecule has 2 aromatic carbocycles. The number of nitro groups is 2. The van der Waals surface area contributed by atoms with E-state index in [1.165, 1.54) is 60.7 Å². The summed E-state index contributed by atoms with van der Waals surface area (Å²) in [6.45, 7) is 0. The molecule has 0 N–H and O–H groups in total. The van der Waals surface area contributed by atoms with Crippen molar-refractivity contribution in [2.75, 3.05) is 12.0 Å². The van der Waals surface area contributed by atoms with Gasteiger partial charge in [0.1, 0.15) is 17.5 Å². The van der Waals surface area contributed by atoms with E-state index in [1.807, 2.05) is 6.07 Å². The van der Waals surface area contributed by atoms with Gasteiger partial charge in [0.25, 0.3) is 11.4 Å². The number of nitriles is 1. The minimum Gasteiger partial charge on any atom is -0.495 e. The zero-order chi connectivity index (χ0) is 27.3. The van der Waals surface area contributed by atoms with Crippen molar-refractivity contribution in [1.82, 2.24) is 4.90 Å². The smallest absolute Gasteiger partial charge is 0.271 e. The van der Waals surface area contributed by atoms with Crippen LogP contribution in [-0.2, 0) is 9.59 Å². The van der Waals surface area contributed by atoms with Crippen LogP contribution in [0.3, 0.4) is 0 Å². The first-order valence-corrected chi connectivity index (χ1v) is 11.2. The highest BCUT2D eigenvalue weighted by atomic mass is 16.6. The van der Waals surface area contributed by atoms with Gasteiger partial charge in [-0.3, -0.25) is 34.6 Å². The van der Waals surface area contributed by atoms with Gasteiger partial charge in [0.2, 0.25) is 11.8 Å². The Hall–Kier alpha value is -5.38. The number of hydrogen-bond acceptors (Lipinski definition) is 10. The number of ether oxygens (including phenoxy) is 1. The predicted molar refractivity (Wildman–Crippen MR) is 129 cm³/mol. The van der Waals surface area contributed by atoms with E-state index in [2.05, 4.69) is 0 Å². The lowest BCUT2D eigenvalue weighted by Crippen LogP contribution is -2.46. The fraction of sp³-hybridized carbons (Fsp3) is 0.200. The maximum Gasteiger partial charge on any atom is 0.271 e. The molecule has 3 aliphatic heterocycles. The van der Waals surface area contributed by atoms with Crippen LogP contribution >= 0.6 is 0 Å². The van der Waals surface area contributed by atoms with Crippen LogP contribution in [0, 0.1) is 43.4 Å². The van der Waals surface area contributed by atoms with Crippen molar-refractivity contribution in [3.8, 4) is 11.8 Å². The summed E-state index contributed by atoms with van der Waals surface area (Å²) in [7, 11) is 1.28. The predicted octanol–water partition coefficient (Wildman–Crippen LogP) is 2.53. The Labute approximate surface area is 214 Å². The van der Waals surface area contributed by atoms with Gasteiger partial charge in [-0.1, -0.05) is 12.1 Å². The Morgan fingerprint density at radius 1 is 1.03 bits per heavy atom. The number of anilines is 1. The fourth-order valence-electron chi connectivity index (χ4n) is 5.27. The van der Waals surface area contributed by atoms with Gasteiger partial charge in [0.05, 0.1) is 46.5 Å². The number of nitrogens with zero attached hydrogens (tertiary/aromatic N) is 5. The Kier molecular flexibility index (Phi) is 5.71. The van der Waals surface area contributed by atoms with Crippen molar-refractivity contribution in [3.05, 3.63) is 92.2 Å². The van der Waals surface area contributed by atoms with Crippen LogP contribution in [0.4, 0.5) is 17.1 Å². The minimum absolute atomic E-state index is 0.0290. The number of benzene rings is 2. The molecule has 38 heavy (non-hydrogen) atoms. The Balaban J connectivity index is 1.64. The van der Waals surface area contributed by atoms with Crippen LogP contribution in [-0.4, -0.2) is 51.5 Å². The number of carbonyl (C=O) groups excluding carboxylic acids is 3. The van der Waals surface area contributed by atoms with E-state index >= 15 is 0 Å². The molecule has 0 bridgehead atoms. The summed E-state index contributed by atoms with van der Waals surface area (Å²) in [5.41, 5.74) is -0.648. The minimum atomic E-state index is -1.23. The highest BCUT2D eigenvalue weighted by molar-refractivity contribution is 6.25. The lowest BCUT2D eigenvalue weighted by Gasteiger charge is -2.32. The highest BCUT2D eigenvalue weighted by Gasteiger charge is 2.64. The second kappa shape index (κ2) is 8.93. The van der Waals surface area contributed by atoms with E-state index in [-0.39, 0.29) is 33.9 Å². The summed E-state index contributed by atoms with van der Waals surface area (Å²) in [4.78, 5) is 65.0. The molecule has 0 spiro atoms. The first-order valence-electron chi connectivity index (χ1n) is 11.2. The molecule has 4 atom stereocenters. The number of ketones is 1. The molecule has 2 amide bonds. The molecule has 0 aromatic heterocycles. The number of non-ortho nitro benzene ring substituents is 2. The zero-order valence-electron chi connectivity index (χ0n) is 19.6. The van der Waals surface area contributed by atoms with E-state index < -0.39 is 51.4 Å². The van der Waals surface area contributed by atoms with Crippen molar-refractivity contribution in [2.24, 2.45) is 11.8 Å². The number of hydrogen-bond donors (Lipinski definition) is 0. The molecule has 0 aliphatic carbocycles. The molecule has 2 fully saturated rings. The van der Waals surface area contributed by atoms with Crippen LogP contribution < -0.4 is 9.64 Å². The maximum absolute atomic E-state index is 13.8. The summed E-state index contributed by atoms with van der Waals surface area (Å²) < 4.78 is 5.26. The maximum atomic E-state index is 13.8. The van der Waals surface area contributed by atoms with Crippen molar-refractivity contribution >= 4 is 34.7 Å². The number of amides is 2. The molecule has 190 valence electrons. The summed E-state index contributed by atoms with van der Waals surface area (Å²) in [5, 5.41) is 32.1. The molecule has 3 heterocycles. The number of imide groups is 1. The van der Waals surface area contributed by atoms with Gasteiger partial charge >= 0.3 is 0 Å². The number of carbonyl (C=O) groups is 3. The van der Waals surface area contributed by atoms with E-state index in [4.69, 9.17) is 4.74 Å². The first kappa shape index (κ1) is 24.3. The summed E-state index contributed by atoms with van der Waals surface area (Å²) in [6, 6.07) is 8.41. The summed E-state index contributed by atoms with van der Waals surface area (Å²) in [6.07, 6.45) is 4.39. The monoisotopic (exact) mass is 515 g/mol. The van der Waals surface area contributed by atoms with Crippen molar-refractivity contribution in [2.45, 2.75) is 12.1 Å². The van der Waals surface area contributed by atoms with Gasteiger partial charge in [0.15, 0.2) is 5.78 Å². The summed E-state index contributed by atoms with van der Waals surface area (Å²) in [5.74, 6) is -4.43. The third-order valence-electron chi connectivity index (χ3n) is 6.90. The SMILES string of the molecule is COc1ccc([N+](=O)[O-])cc1N1C(=O)[C@@H]2[C@H](C1=O)[C@H]1C=C(C#N)C=CN1[C@@H]2C(=O)c1cccc([N+](=O)[O-])c1. The lowest BCUT2D eigenvalue weighted by atomic mass is 9.86. The molecule has 3 aliphatic rings. The molecule has 5 rings (SSSR count). The molecule has 2 saturated heterocycles. The van der Waals surface area contributed by atoms with Crippen LogP contribution in [0.5, 0.6) is 5.75 Å². The standard InChI is InChI=1S/C25H17N5O8/c1-38-19-6-5-16(30(36)37)11-17(19)28-24(32)20-18-9-13(12-26)7-8-27(18)22(21(20)25(28)33)23(31)14-3-2-4-15(10-14)29(34)35/h2-11,18,20-22H,1H3/t18-,20-,21-,22+/m1/s1. The molecule has 0 saturated carbocycles. The number of nitro benzene ring substituents is 2. The Bertz CT molecular complexity index is 1540. The quantitative estimate of drug-likeness (QED) is 0.240. The average Bonchev–Trinajstić information content (AvgIpc) is 3.39. The second-order valence-electron chi connectivity index (χ2n) is 8.78. The number of fused-ring (bicyclic) bond motifs is 3. The molecule has 13 heteroatoms. The number of methoxy groups -OCH3 is 1. The first-order chi connectivity index (χ1) is 18.2. The largest absolute Gasteiger partial charge is 0.495 e. The third-order valence-corrected chi connectivity index (χ3v) is 6.90. The average molecular weight is 515 g/mol. The van der Waals surface area contributed by atoms with E-state index in [1.54, 1.807) is 0 Å². The van der Waals surface area contributed by atoms with E-state index in [0.717, 1.165) is 17.0 Å². The topological polar surface area (TPSA) is 177 Å². The van der Waals surface area contributed by atoms with Crippen molar-refractivity contribution in [3.63, 3.8) is 0 Å². The fourth-order valence-corrected chi connectivity index (χ4v) is 5.27. The number of rotatable bonds is 6. The zero-order valence-corrected chi connectivity index (χ0v) is 19.6. The lowest BCUT2D eigenvalue weighted by molar-refractivity contribution is -0.385. The van der Waals surface area contributed by atoms with Crippen LogP contribution in [0.25, 0.3) is 0 Å². The molecule has 13 nitrogen and oxygen atoms in total. The molecular formula is C25H17N5O8. The number of Topliss-reactive ketones (excluding diaryl/α,β-unsaturated/α-hetero) is 1. The van der Waals surface area contributed by atoms with Gasteiger partial charge in [-0.2, -0.15) is 5.26 Å². The van der Waals surface area contributed by atoms with Crippen LogP contribution in [0.1, 0.15) is 10.4 Å². The van der Waals surface area contributed by atoms with Gasteiger partial charge in [-0.15, -0.1) is 0 Å².